The smallest absolute Gasteiger partial charge is 0.129 e. The number of likely N-dealkylation sites (N-methyl/N-ethyl adjacent to an activating group) is 1. The quantitative estimate of drug-likeness (QED) is 0.760. The Morgan fingerprint density at radius 3 is 2.78 bits per heavy atom. The van der Waals surface area contributed by atoms with Crippen molar-refractivity contribution in [3.8, 4) is 0 Å². The lowest BCUT2D eigenvalue weighted by molar-refractivity contribution is 0.114. The number of halogens is 2. The van der Waals surface area contributed by atoms with E-state index in [0.717, 1.165) is 31.2 Å². The van der Waals surface area contributed by atoms with E-state index in [1.54, 1.807) is 7.11 Å². The maximum atomic E-state index is 13.4. The SMILES string of the molecule is COCCCN(C)CC(O)c1cc(F)ccc1F. The fraction of sp³-hybridized carbons (Fsp3) is 0.538. The Morgan fingerprint density at radius 2 is 2.11 bits per heavy atom. The molecule has 0 aliphatic rings. The zero-order valence-electron chi connectivity index (χ0n) is 10.7. The summed E-state index contributed by atoms with van der Waals surface area (Å²) in [6, 6.07) is 3.09. The second kappa shape index (κ2) is 7.41. The summed E-state index contributed by atoms with van der Waals surface area (Å²) < 4.78 is 31.3. The van der Waals surface area contributed by atoms with Crippen LogP contribution in [0.4, 0.5) is 8.78 Å². The number of nitrogens with zero attached hydrogens (tertiary/aromatic N) is 1. The molecule has 0 saturated heterocycles. The highest BCUT2D eigenvalue weighted by Gasteiger charge is 2.15. The highest BCUT2D eigenvalue weighted by molar-refractivity contribution is 5.21. The monoisotopic (exact) mass is 259 g/mol. The van der Waals surface area contributed by atoms with E-state index in [2.05, 4.69) is 0 Å². The second-order valence-corrected chi connectivity index (χ2v) is 4.29. The zero-order chi connectivity index (χ0) is 13.5. The summed E-state index contributed by atoms with van der Waals surface area (Å²) in [6.45, 7) is 1.61. The molecule has 1 unspecified atom stereocenters. The number of methoxy groups -OCH3 is 1. The molecule has 0 saturated carbocycles. The summed E-state index contributed by atoms with van der Waals surface area (Å²) in [4.78, 5) is 1.86. The van der Waals surface area contributed by atoms with Crippen molar-refractivity contribution in [2.24, 2.45) is 0 Å². The second-order valence-electron chi connectivity index (χ2n) is 4.29. The van der Waals surface area contributed by atoms with Crippen LogP contribution in [-0.4, -0.2) is 43.9 Å². The standard InChI is InChI=1S/C13H19F2NO2/c1-16(6-3-7-18-2)9-13(17)11-8-10(14)4-5-12(11)15/h4-5,8,13,17H,3,6-7,9H2,1-2H3. The van der Waals surface area contributed by atoms with Crippen molar-refractivity contribution >= 4 is 0 Å². The van der Waals surface area contributed by atoms with E-state index in [-0.39, 0.29) is 12.1 Å². The maximum absolute atomic E-state index is 13.4. The Labute approximate surface area is 106 Å². The van der Waals surface area contributed by atoms with Crippen LogP contribution in [0.3, 0.4) is 0 Å². The van der Waals surface area contributed by atoms with Gasteiger partial charge in [0.25, 0.3) is 0 Å². The molecule has 0 aromatic heterocycles. The van der Waals surface area contributed by atoms with Gasteiger partial charge in [-0.2, -0.15) is 0 Å². The minimum atomic E-state index is -1.03. The van der Waals surface area contributed by atoms with E-state index in [4.69, 9.17) is 4.74 Å². The van der Waals surface area contributed by atoms with E-state index in [1.807, 2.05) is 11.9 Å². The average molecular weight is 259 g/mol. The van der Waals surface area contributed by atoms with Crippen molar-refractivity contribution < 1.29 is 18.6 Å². The maximum Gasteiger partial charge on any atom is 0.129 e. The van der Waals surface area contributed by atoms with Gasteiger partial charge in [0, 0.05) is 32.4 Å². The van der Waals surface area contributed by atoms with Gasteiger partial charge in [-0.3, -0.25) is 0 Å². The Hall–Kier alpha value is -1.04. The van der Waals surface area contributed by atoms with Crippen molar-refractivity contribution in [3.63, 3.8) is 0 Å². The third kappa shape index (κ3) is 4.68. The normalized spacial score (nSPS) is 13.0. The molecule has 0 radical (unpaired) electrons. The molecule has 18 heavy (non-hydrogen) atoms. The van der Waals surface area contributed by atoms with Gasteiger partial charge in [-0.25, -0.2) is 8.78 Å². The van der Waals surface area contributed by atoms with Crippen LogP contribution in [0.1, 0.15) is 18.1 Å². The van der Waals surface area contributed by atoms with Crippen LogP contribution in [0.25, 0.3) is 0 Å². The lowest BCUT2D eigenvalue weighted by Crippen LogP contribution is -2.26. The minimum Gasteiger partial charge on any atom is -0.387 e. The van der Waals surface area contributed by atoms with Gasteiger partial charge >= 0.3 is 0 Å². The summed E-state index contributed by atoms with van der Waals surface area (Å²) in [5, 5.41) is 9.87. The molecular formula is C13H19F2NO2. The lowest BCUT2D eigenvalue weighted by atomic mass is 10.1. The van der Waals surface area contributed by atoms with Gasteiger partial charge in [-0.1, -0.05) is 0 Å². The van der Waals surface area contributed by atoms with Gasteiger partial charge in [-0.05, 0) is 31.7 Å². The molecule has 0 heterocycles. The molecule has 1 N–H and O–H groups in total. The van der Waals surface area contributed by atoms with E-state index in [0.29, 0.717) is 6.61 Å². The van der Waals surface area contributed by atoms with Crippen molar-refractivity contribution in [2.45, 2.75) is 12.5 Å². The van der Waals surface area contributed by atoms with Gasteiger partial charge < -0.3 is 14.7 Å². The molecule has 1 rings (SSSR count). The van der Waals surface area contributed by atoms with Gasteiger partial charge in [-0.15, -0.1) is 0 Å². The molecule has 3 nitrogen and oxygen atoms in total. The van der Waals surface area contributed by atoms with E-state index >= 15 is 0 Å². The molecule has 0 amide bonds. The Morgan fingerprint density at radius 1 is 1.39 bits per heavy atom. The lowest BCUT2D eigenvalue weighted by Gasteiger charge is -2.21. The van der Waals surface area contributed by atoms with Gasteiger partial charge in [0.15, 0.2) is 0 Å². The van der Waals surface area contributed by atoms with E-state index in [9.17, 15) is 13.9 Å². The highest BCUT2D eigenvalue weighted by atomic mass is 19.1. The number of ether oxygens (including phenoxy) is 1. The first-order chi connectivity index (χ1) is 8.54. The predicted octanol–water partition coefficient (Wildman–Crippen LogP) is 1.97. The third-order valence-corrected chi connectivity index (χ3v) is 2.69. The number of benzene rings is 1. The summed E-state index contributed by atoms with van der Waals surface area (Å²) in [5.74, 6) is -1.14. The van der Waals surface area contributed by atoms with Crippen LogP contribution in [-0.2, 0) is 4.74 Å². The van der Waals surface area contributed by atoms with Crippen LogP contribution in [0.2, 0.25) is 0 Å². The molecule has 0 spiro atoms. The number of aliphatic hydroxyl groups excluding tert-OH is 1. The molecule has 1 atom stereocenters. The Kier molecular flexibility index (Phi) is 6.18. The van der Waals surface area contributed by atoms with Crippen LogP contribution in [0.5, 0.6) is 0 Å². The number of hydrogen-bond donors (Lipinski definition) is 1. The molecule has 0 aliphatic carbocycles. The summed E-state index contributed by atoms with van der Waals surface area (Å²) in [6.07, 6.45) is -0.209. The molecule has 5 heteroatoms. The summed E-state index contributed by atoms with van der Waals surface area (Å²) in [5.41, 5.74) is -0.00593. The average Bonchev–Trinajstić information content (AvgIpc) is 2.32. The number of hydrogen-bond acceptors (Lipinski definition) is 3. The predicted molar refractivity (Wildman–Crippen MR) is 65.3 cm³/mol. The summed E-state index contributed by atoms with van der Waals surface area (Å²) >= 11 is 0. The number of aliphatic hydroxyl groups is 1. The molecular weight excluding hydrogens is 240 g/mol. The van der Waals surface area contributed by atoms with Gasteiger partial charge in [0.1, 0.15) is 11.6 Å². The van der Waals surface area contributed by atoms with Crippen LogP contribution in [0.15, 0.2) is 18.2 Å². The van der Waals surface area contributed by atoms with Gasteiger partial charge in [0.2, 0.25) is 0 Å². The van der Waals surface area contributed by atoms with Crippen molar-refractivity contribution in [1.29, 1.82) is 0 Å². The van der Waals surface area contributed by atoms with Crippen molar-refractivity contribution in [3.05, 3.63) is 35.4 Å². The van der Waals surface area contributed by atoms with E-state index < -0.39 is 17.7 Å². The Balaban J connectivity index is 2.53. The zero-order valence-corrected chi connectivity index (χ0v) is 10.7. The first-order valence-corrected chi connectivity index (χ1v) is 5.85. The van der Waals surface area contributed by atoms with Crippen molar-refractivity contribution in [1.82, 2.24) is 4.90 Å². The molecule has 0 aliphatic heterocycles. The molecule has 1 aromatic carbocycles. The first-order valence-electron chi connectivity index (χ1n) is 5.85. The number of rotatable bonds is 7. The van der Waals surface area contributed by atoms with Gasteiger partial charge in [0.05, 0.1) is 6.10 Å². The molecule has 0 bridgehead atoms. The fourth-order valence-electron chi connectivity index (χ4n) is 1.73. The first kappa shape index (κ1) is 15.0. The van der Waals surface area contributed by atoms with Crippen LogP contribution in [0, 0.1) is 11.6 Å². The highest BCUT2D eigenvalue weighted by Crippen LogP contribution is 2.19. The van der Waals surface area contributed by atoms with Crippen molar-refractivity contribution in [2.75, 3.05) is 33.9 Å². The molecule has 0 fully saturated rings. The Bertz CT molecular complexity index is 374. The fourth-order valence-corrected chi connectivity index (χ4v) is 1.73. The largest absolute Gasteiger partial charge is 0.387 e. The van der Waals surface area contributed by atoms with Crippen LogP contribution >= 0.6 is 0 Å². The molecule has 1 aromatic rings. The molecule has 102 valence electrons. The minimum absolute atomic E-state index is 0.00593. The third-order valence-electron chi connectivity index (χ3n) is 2.69. The van der Waals surface area contributed by atoms with Crippen LogP contribution < -0.4 is 0 Å². The topological polar surface area (TPSA) is 32.7 Å². The summed E-state index contributed by atoms with van der Waals surface area (Å²) in [7, 11) is 3.44. The van der Waals surface area contributed by atoms with E-state index in [1.165, 1.54) is 0 Å².